The molecule has 0 unspecified atom stereocenters. The van der Waals surface area contributed by atoms with Crippen LogP contribution >= 0.6 is 0 Å². The van der Waals surface area contributed by atoms with Crippen molar-refractivity contribution in [1.29, 1.82) is 0 Å². The minimum Gasteiger partial charge on any atom is -0.550 e. The van der Waals surface area contributed by atoms with E-state index < -0.39 is 5.97 Å². The minimum absolute atomic E-state index is 0.156. The summed E-state index contributed by atoms with van der Waals surface area (Å²) in [6, 6.07) is 11.7. The molecule has 1 aromatic heterocycles. The summed E-state index contributed by atoms with van der Waals surface area (Å²) in [7, 11) is 0. The zero-order valence-corrected chi connectivity index (χ0v) is 9.88. The Hall–Kier alpha value is -2.62. The summed E-state index contributed by atoms with van der Waals surface area (Å²) in [6.45, 7) is 0. The monoisotopic (exact) mass is 253 g/mol. The van der Waals surface area contributed by atoms with Crippen molar-refractivity contribution in [3.8, 4) is 0 Å². The quantitative estimate of drug-likeness (QED) is 0.644. The van der Waals surface area contributed by atoms with Crippen molar-refractivity contribution in [2.24, 2.45) is 0 Å². The number of carbonyl (C=O) groups excluding carboxylic acids is 1. The highest BCUT2D eigenvalue weighted by Gasteiger charge is 2.07. The lowest BCUT2D eigenvalue weighted by molar-refractivity contribution is -0.304. The molecule has 0 N–H and O–H groups in total. The number of carboxylic acid groups (broad SMARTS) is 1. The molecule has 4 heteroatoms. The van der Waals surface area contributed by atoms with Crippen molar-refractivity contribution in [2.75, 3.05) is 0 Å². The Bertz CT molecular complexity index is 846. The van der Waals surface area contributed by atoms with Crippen LogP contribution in [0.15, 0.2) is 51.7 Å². The number of benzene rings is 2. The van der Waals surface area contributed by atoms with Gasteiger partial charge in [0.05, 0.1) is 10.8 Å². The average Bonchev–Trinajstić information content (AvgIpc) is 2.39. The lowest BCUT2D eigenvalue weighted by Gasteiger charge is -2.05. The molecule has 0 fully saturated rings. The van der Waals surface area contributed by atoms with E-state index in [9.17, 15) is 14.7 Å². The topological polar surface area (TPSA) is 70.3 Å². The van der Waals surface area contributed by atoms with Gasteiger partial charge in [-0.25, -0.2) is 0 Å². The van der Waals surface area contributed by atoms with Crippen molar-refractivity contribution in [3.05, 3.63) is 58.3 Å². The van der Waals surface area contributed by atoms with Gasteiger partial charge < -0.3 is 14.3 Å². The maximum absolute atomic E-state index is 12.3. The molecule has 0 saturated carbocycles. The van der Waals surface area contributed by atoms with Gasteiger partial charge in [0.15, 0.2) is 0 Å². The SMILES string of the molecule is O=C([O-])Cc1ccc2oc3ccccc3c(=O)c2c1. The second-order valence-corrected chi connectivity index (χ2v) is 4.31. The first-order valence-electron chi connectivity index (χ1n) is 5.79. The highest BCUT2D eigenvalue weighted by atomic mass is 16.4. The van der Waals surface area contributed by atoms with Gasteiger partial charge in [0.25, 0.3) is 0 Å². The van der Waals surface area contributed by atoms with E-state index in [1.54, 1.807) is 42.5 Å². The summed E-state index contributed by atoms with van der Waals surface area (Å²) >= 11 is 0. The van der Waals surface area contributed by atoms with E-state index in [2.05, 4.69) is 0 Å². The lowest BCUT2D eigenvalue weighted by Crippen LogP contribution is -2.24. The first-order chi connectivity index (χ1) is 9.15. The summed E-state index contributed by atoms with van der Waals surface area (Å²) in [5.74, 6) is -1.18. The van der Waals surface area contributed by atoms with Crippen molar-refractivity contribution in [3.63, 3.8) is 0 Å². The Morgan fingerprint density at radius 2 is 1.79 bits per heavy atom. The van der Waals surface area contributed by atoms with Gasteiger partial charge in [-0.1, -0.05) is 18.2 Å². The van der Waals surface area contributed by atoms with Crippen molar-refractivity contribution in [2.45, 2.75) is 6.42 Å². The average molecular weight is 253 g/mol. The summed E-state index contributed by atoms with van der Waals surface area (Å²) in [5.41, 5.74) is 1.34. The van der Waals surface area contributed by atoms with E-state index >= 15 is 0 Å². The molecule has 3 rings (SSSR count). The Morgan fingerprint density at radius 1 is 1.05 bits per heavy atom. The molecule has 0 aliphatic heterocycles. The lowest BCUT2D eigenvalue weighted by atomic mass is 10.1. The van der Waals surface area contributed by atoms with Gasteiger partial charge in [-0.2, -0.15) is 0 Å². The largest absolute Gasteiger partial charge is 0.550 e. The van der Waals surface area contributed by atoms with E-state index in [-0.39, 0.29) is 11.8 Å². The molecule has 0 aliphatic rings. The first-order valence-corrected chi connectivity index (χ1v) is 5.79. The van der Waals surface area contributed by atoms with Gasteiger partial charge in [0.1, 0.15) is 11.2 Å². The predicted molar refractivity (Wildman–Crippen MR) is 68.7 cm³/mol. The number of para-hydroxylation sites is 1. The van der Waals surface area contributed by atoms with Crippen molar-refractivity contribution in [1.82, 2.24) is 0 Å². The van der Waals surface area contributed by atoms with Gasteiger partial charge in [-0.05, 0) is 29.8 Å². The predicted octanol–water partition coefficient (Wildman–Crippen LogP) is 1.24. The number of fused-ring (bicyclic) bond motifs is 2. The van der Waals surface area contributed by atoms with Crippen LogP contribution in [0.5, 0.6) is 0 Å². The van der Waals surface area contributed by atoms with E-state index in [1.807, 2.05) is 0 Å². The molecule has 0 spiro atoms. The van der Waals surface area contributed by atoms with Gasteiger partial charge in [-0.3, -0.25) is 4.79 Å². The zero-order chi connectivity index (χ0) is 13.4. The Morgan fingerprint density at radius 3 is 2.58 bits per heavy atom. The second kappa shape index (κ2) is 4.24. The fourth-order valence-electron chi connectivity index (χ4n) is 2.13. The fourth-order valence-corrected chi connectivity index (χ4v) is 2.13. The molecule has 3 aromatic rings. The smallest absolute Gasteiger partial charge is 0.200 e. The summed E-state index contributed by atoms with van der Waals surface area (Å²) in [5, 5.41) is 11.5. The number of aliphatic carboxylic acids is 1. The molecule has 1 heterocycles. The van der Waals surface area contributed by atoms with Gasteiger partial charge >= 0.3 is 0 Å². The minimum atomic E-state index is -1.18. The van der Waals surface area contributed by atoms with Crippen LogP contribution in [-0.4, -0.2) is 5.97 Å². The normalized spacial score (nSPS) is 10.9. The summed E-state index contributed by atoms with van der Waals surface area (Å²) in [4.78, 5) is 22.9. The van der Waals surface area contributed by atoms with Gasteiger partial charge in [-0.15, -0.1) is 0 Å². The second-order valence-electron chi connectivity index (χ2n) is 4.31. The van der Waals surface area contributed by atoms with Crippen LogP contribution in [0.25, 0.3) is 21.9 Å². The molecule has 2 aromatic carbocycles. The number of hydrogen-bond donors (Lipinski definition) is 0. The van der Waals surface area contributed by atoms with E-state index in [1.165, 1.54) is 0 Å². The third-order valence-corrected chi connectivity index (χ3v) is 2.99. The Balaban J connectivity index is 2.33. The Labute approximate surface area is 107 Å². The van der Waals surface area contributed by atoms with Gasteiger partial charge in [0, 0.05) is 12.4 Å². The highest BCUT2D eigenvalue weighted by molar-refractivity contribution is 5.90. The van der Waals surface area contributed by atoms with Crippen LogP contribution in [0.4, 0.5) is 0 Å². The third kappa shape index (κ3) is 1.97. The van der Waals surface area contributed by atoms with E-state index in [0.29, 0.717) is 27.5 Å². The molecule has 4 nitrogen and oxygen atoms in total. The molecular formula is C15H9O4-. The third-order valence-electron chi connectivity index (χ3n) is 2.99. The van der Waals surface area contributed by atoms with Crippen LogP contribution in [0.2, 0.25) is 0 Å². The van der Waals surface area contributed by atoms with Crippen LogP contribution < -0.4 is 10.5 Å². The molecule has 0 radical (unpaired) electrons. The molecule has 0 amide bonds. The van der Waals surface area contributed by atoms with E-state index in [0.717, 1.165) is 0 Å². The maximum Gasteiger partial charge on any atom is 0.200 e. The summed E-state index contributed by atoms with van der Waals surface area (Å²) < 4.78 is 5.62. The highest BCUT2D eigenvalue weighted by Crippen LogP contribution is 2.19. The van der Waals surface area contributed by atoms with Crippen molar-refractivity contribution >= 4 is 27.9 Å². The standard InChI is InChI=1S/C15H10O4/c16-14(17)8-9-5-6-13-11(7-9)15(18)10-3-1-2-4-12(10)19-13/h1-7H,8H2,(H,16,17)/p-1. The molecule has 19 heavy (non-hydrogen) atoms. The number of hydrogen-bond acceptors (Lipinski definition) is 4. The molecule has 0 atom stereocenters. The van der Waals surface area contributed by atoms with Crippen LogP contribution in [0, 0.1) is 0 Å². The van der Waals surface area contributed by atoms with Crippen LogP contribution in [0.3, 0.4) is 0 Å². The van der Waals surface area contributed by atoms with Gasteiger partial charge in [0.2, 0.25) is 5.43 Å². The number of carbonyl (C=O) groups is 1. The van der Waals surface area contributed by atoms with E-state index in [4.69, 9.17) is 4.42 Å². The molecule has 0 bridgehead atoms. The Kier molecular flexibility index (Phi) is 2.56. The molecule has 94 valence electrons. The molecular weight excluding hydrogens is 244 g/mol. The summed E-state index contributed by atoms with van der Waals surface area (Å²) in [6.07, 6.45) is -0.220. The van der Waals surface area contributed by atoms with Crippen LogP contribution in [0.1, 0.15) is 5.56 Å². The molecule has 0 aliphatic carbocycles. The number of rotatable bonds is 2. The first kappa shape index (κ1) is 11.5. The number of carboxylic acids is 1. The van der Waals surface area contributed by atoms with Crippen molar-refractivity contribution < 1.29 is 14.3 Å². The van der Waals surface area contributed by atoms with Crippen LogP contribution in [-0.2, 0) is 11.2 Å². The maximum atomic E-state index is 12.3. The molecule has 0 saturated heterocycles. The zero-order valence-electron chi connectivity index (χ0n) is 9.88. The fraction of sp³-hybridized carbons (Fsp3) is 0.0667.